The van der Waals surface area contributed by atoms with Gasteiger partial charge in [-0.2, -0.15) is 4.37 Å². The highest BCUT2D eigenvalue weighted by molar-refractivity contribution is 7.13. The maximum absolute atomic E-state index is 11.6. The normalized spacial score (nSPS) is 31.1. The predicted octanol–water partition coefficient (Wildman–Crippen LogP) is -1.47. The zero-order valence-electron chi connectivity index (χ0n) is 9.55. The van der Waals surface area contributed by atoms with Crippen molar-refractivity contribution in [2.75, 3.05) is 6.61 Å². The minimum absolute atomic E-state index is 0.300. The van der Waals surface area contributed by atoms with Crippen molar-refractivity contribution >= 4 is 21.7 Å². The van der Waals surface area contributed by atoms with E-state index in [4.69, 9.17) is 9.84 Å². The quantitative estimate of drug-likeness (QED) is 0.530. The minimum Gasteiger partial charge on any atom is -0.394 e. The number of aliphatic hydroxyl groups is 3. The molecule has 0 aliphatic carbocycles. The molecule has 3 heterocycles. The summed E-state index contributed by atoms with van der Waals surface area (Å²) in [6.45, 7) is -0.412. The molecule has 0 bridgehead atoms. The first-order valence-corrected chi connectivity index (χ1v) is 6.36. The second-order valence-corrected chi connectivity index (χ2v) is 5.01. The van der Waals surface area contributed by atoms with Crippen molar-refractivity contribution in [3.63, 3.8) is 0 Å². The number of hydrogen-bond donors (Lipinski definition) is 4. The lowest BCUT2D eigenvalue weighted by molar-refractivity contribution is -0.0233. The van der Waals surface area contributed by atoms with Gasteiger partial charge in [-0.3, -0.25) is 4.79 Å². The van der Waals surface area contributed by atoms with Crippen LogP contribution >= 0.6 is 11.5 Å². The third-order valence-corrected chi connectivity index (χ3v) is 3.95. The summed E-state index contributed by atoms with van der Waals surface area (Å²) in [5.41, 5.74) is 0.317. The van der Waals surface area contributed by atoms with Gasteiger partial charge in [0, 0.05) is 0 Å². The first kappa shape index (κ1) is 12.6. The summed E-state index contributed by atoms with van der Waals surface area (Å²) in [6, 6.07) is 0. The summed E-state index contributed by atoms with van der Waals surface area (Å²) < 4.78 is 9.77. The van der Waals surface area contributed by atoms with Crippen LogP contribution in [0.5, 0.6) is 0 Å². The molecule has 3 rings (SSSR count). The molecule has 1 saturated heterocycles. The van der Waals surface area contributed by atoms with Gasteiger partial charge in [0.2, 0.25) is 0 Å². The fraction of sp³-hybridized carbons (Fsp3) is 0.500. The van der Waals surface area contributed by atoms with Crippen molar-refractivity contribution in [3.05, 3.63) is 22.4 Å². The number of hydrogen-bond acceptors (Lipinski definition) is 8. The highest BCUT2D eigenvalue weighted by Gasteiger charge is 2.45. The minimum atomic E-state index is -1.22. The van der Waals surface area contributed by atoms with Gasteiger partial charge in [-0.15, -0.1) is 0 Å². The number of ether oxygens (including phenoxy) is 1. The van der Waals surface area contributed by atoms with E-state index in [2.05, 4.69) is 14.3 Å². The van der Waals surface area contributed by atoms with Gasteiger partial charge >= 0.3 is 0 Å². The SMILES string of the molecule is O=c1[nH]cnc2c([C@@H]3O[C@H](CO)[C@@H](O)[C@H]3O)nsc12. The van der Waals surface area contributed by atoms with Gasteiger partial charge in [-0.1, -0.05) is 0 Å². The van der Waals surface area contributed by atoms with E-state index in [0.29, 0.717) is 15.9 Å². The van der Waals surface area contributed by atoms with Crippen molar-refractivity contribution in [3.8, 4) is 0 Å². The van der Waals surface area contributed by atoms with Crippen molar-refractivity contribution in [1.82, 2.24) is 14.3 Å². The maximum Gasteiger partial charge on any atom is 0.270 e. The summed E-state index contributed by atoms with van der Waals surface area (Å²) in [5.74, 6) is 0. The Balaban J connectivity index is 2.06. The van der Waals surface area contributed by atoms with E-state index in [0.717, 1.165) is 11.5 Å². The van der Waals surface area contributed by atoms with Crippen LogP contribution in [0.1, 0.15) is 11.8 Å². The predicted molar refractivity (Wildman–Crippen MR) is 64.7 cm³/mol. The third kappa shape index (κ3) is 1.86. The van der Waals surface area contributed by atoms with E-state index in [9.17, 15) is 15.0 Å². The van der Waals surface area contributed by atoms with Gasteiger partial charge in [0.15, 0.2) is 0 Å². The zero-order valence-corrected chi connectivity index (χ0v) is 10.4. The molecule has 19 heavy (non-hydrogen) atoms. The Bertz CT molecular complexity index is 656. The highest BCUT2D eigenvalue weighted by atomic mass is 32.1. The number of aromatic nitrogens is 3. The van der Waals surface area contributed by atoms with Crippen LogP contribution in [0.2, 0.25) is 0 Å². The molecule has 0 unspecified atom stereocenters. The maximum atomic E-state index is 11.6. The molecule has 8 nitrogen and oxygen atoms in total. The van der Waals surface area contributed by atoms with Crippen LogP contribution in [0, 0.1) is 0 Å². The molecule has 9 heteroatoms. The van der Waals surface area contributed by atoms with Crippen molar-refractivity contribution in [2.45, 2.75) is 24.4 Å². The number of H-pyrrole nitrogens is 1. The topological polar surface area (TPSA) is 129 Å². The first-order chi connectivity index (χ1) is 9.13. The Morgan fingerprint density at radius 2 is 2.21 bits per heavy atom. The molecule has 4 atom stereocenters. The van der Waals surface area contributed by atoms with Crippen molar-refractivity contribution < 1.29 is 20.1 Å². The Labute approximate surface area is 110 Å². The largest absolute Gasteiger partial charge is 0.394 e. The molecule has 0 saturated carbocycles. The first-order valence-electron chi connectivity index (χ1n) is 5.59. The molecule has 1 aliphatic heterocycles. The Kier molecular flexibility index (Phi) is 3.07. The van der Waals surface area contributed by atoms with Crippen LogP contribution < -0.4 is 5.56 Å². The molecular weight excluding hydrogens is 274 g/mol. The molecule has 1 fully saturated rings. The summed E-state index contributed by atoms with van der Waals surface area (Å²) in [7, 11) is 0. The number of nitrogens with zero attached hydrogens (tertiary/aromatic N) is 2. The fourth-order valence-electron chi connectivity index (χ4n) is 2.10. The van der Waals surface area contributed by atoms with E-state index in [-0.39, 0.29) is 5.56 Å². The number of rotatable bonds is 2. The average Bonchev–Trinajstić information content (AvgIpc) is 2.94. The zero-order chi connectivity index (χ0) is 13.6. The molecule has 2 aromatic rings. The van der Waals surface area contributed by atoms with Gasteiger partial charge in [-0.05, 0) is 11.5 Å². The molecule has 102 valence electrons. The fourth-order valence-corrected chi connectivity index (χ4v) is 2.87. The number of aliphatic hydroxyl groups excluding tert-OH is 3. The van der Waals surface area contributed by atoms with Gasteiger partial charge in [-0.25, -0.2) is 4.98 Å². The Morgan fingerprint density at radius 3 is 2.89 bits per heavy atom. The third-order valence-electron chi connectivity index (χ3n) is 3.10. The Morgan fingerprint density at radius 1 is 1.42 bits per heavy atom. The van der Waals surface area contributed by atoms with Crippen LogP contribution in [0.3, 0.4) is 0 Å². The monoisotopic (exact) mass is 285 g/mol. The molecule has 0 spiro atoms. The van der Waals surface area contributed by atoms with Gasteiger partial charge < -0.3 is 25.0 Å². The molecule has 0 aromatic carbocycles. The van der Waals surface area contributed by atoms with Crippen LogP contribution in [0.15, 0.2) is 11.1 Å². The second kappa shape index (κ2) is 4.62. The highest BCUT2D eigenvalue weighted by Crippen LogP contribution is 2.35. The lowest BCUT2D eigenvalue weighted by atomic mass is 10.1. The second-order valence-electron chi connectivity index (χ2n) is 4.24. The number of nitrogens with one attached hydrogen (secondary N) is 1. The van der Waals surface area contributed by atoms with E-state index in [1.54, 1.807) is 0 Å². The molecule has 1 aliphatic rings. The van der Waals surface area contributed by atoms with Crippen molar-refractivity contribution in [1.29, 1.82) is 0 Å². The number of fused-ring (bicyclic) bond motifs is 1. The summed E-state index contributed by atoms with van der Waals surface area (Å²) >= 11 is 0.948. The van der Waals surface area contributed by atoms with Crippen LogP contribution in [-0.2, 0) is 4.74 Å². The van der Waals surface area contributed by atoms with E-state index < -0.39 is 31.0 Å². The van der Waals surface area contributed by atoms with E-state index in [1.807, 2.05) is 0 Å². The average molecular weight is 285 g/mol. The number of aromatic amines is 1. The molecule has 0 amide bonds. The Hall–Kier alpha value is -1.39. The molecule has 4 N–H and O–H groups in total. The lowest BCUT2D eigenvalue weighted by Crippen LogP contribution is -2.32. The van der Waals surface area contributed by atoms with Gasteiger partial charge in [0.1, 0.15) is 40.3 Å². The smallest absolute Gasteiger partial charge is 0.270 e. The summed E-state index contributed by atoms with van der Waals surface area (Å²) in [5, 5.41) is 28.7. The summed E-state index contributed by atoms with van der Waals surface area (Å²) in [6.07, 6.45) is -2.96. The standard InChI is InChI=1S/C10H11N3O5S/c14-1-3-6(15)7(16)8(18-3)4-5-9(19-13-4)10(17)12-2-11-5/h2-3,6-8,14-16H,1H2,(H,11,12,17)/t3-,6-,7-,8+/m1/s1. The van der Waals surface area contributed by atoms with Crippen molar-refractivity contribution in [2.24, 2.45) is 0 Å². The molecular formula is C10H11N3O5S. The van der Waals surface area contributed by atoms with E-state index >= 15 is 0 Å². The lowest BCUT2D eigenvalue weighted by Gasteiger charge is -2.11. The molecule has 0 radical (unpaired) electrons. The van der Waals surface area contributed by atoms with Gasteiger partial charge in [0.05, 0.1) is 12.9 Å². The van der Waals surface area contributed by atoms with Crippen LogP contribution in [0.4, 0.5) is 0 Å². The van der Waals surface area contributed by atoms with Gasteiger partial charge in [0.25, 0.3) is 5.56 Å². The van der Waals surface area contributed by atoms with E-state index in [1.165, 1.54) is 6.33 Å². The van der Waals surface area contributed by atoms with Crippen LogP contribution in [0.25, 0.3) is 10.2 Å². The summed E-state index contributed by atoms with van der Waals surface area (Å²) in [4.78, 5) is 18.0. The van der Waals surface area contributed by atoms with Crippen LogP contribution in [-0.4, -0.2) is 54.6 Å². The molecule has 2 aromatic heterocycles.